The lowest BCUT2D eigenvalue weighted by atomic mass is 10.2. The summed E-state index contributed by atoms with van der Waals surface area (Å²) in [4.78, 5) is 15.2. The van der Waals surface area contributed by atoms with Gasteiger partial charge in [-0.25, -0.2) is 4.98 Å². The van der Waals surface area contributed by atoms with E-state index in [1.165, 1.54) is 5.56 Å². The maximum atomic E-state index is 4.56. The zero-order valence-corrected chi connectivity index (χ0v) is 13.1. The molecule has 3 aromatic rings. The van der Waals surface area contributed by atoms with Gasteiger partial charge in [-0.2, -0.15) is 4.98 Å². The molecule has 0 aliphatic carbocycles. The Balaban J connectivity index is 1.64. The lowest BCUT2D eigenvalue weighted by molar-refractivity contribution is 0.865. The van der Waals surface area contributed by atoms with Crippen LogP contribution in [0.1, 0.15) is 11.3 Å². The van der Waals surface area contributed by atoms with Crippen LogP contribution in [0.5, 0.6) is 0 Å². The fourth-order valence-electron chi connectivity index (χ4n) is 2.24. The van der Waals surface area contributed by atoms with Crippen molar-refractivity contribution in [3.63, 3.8) is 0 Å². The third kappa shape index (κ3) is 4.26. The van der Waals surface area contributed by atoms with E-state index in [1.54, 1.807) is 12.4 Å². The van der Waals surface area contributed by atoms with Gasteiger partial charge in [0.15, 0.2) is 0 Å². The zero-order chi connectivity index (χ0) is 15.9. The molecule has 2 aromatic heterocycles. The van der Waals surface area contributed by atoms with E-state index in [1.807, 2.05) is 54.4 Å². The van der Waals surface area contributed by atoms with Crippen LogP contribution in [0.15, 0.2) is 67.0 Å². The Morgan fingerprint density at radius 2 is 1.74 bits per heavy atom. The molecule has 0 saturated carbocycles. The molecule has 0 aliphatic heterocycles. The summed E-state index contributed by atoms with van der Waals surface area (Å²) in [7, 11) is 1.99. The van der Waals surface area contributed by atoms with Crippen molar-refractivity contribution < 1.29 is 0 Å². The van der Waals surface area contributed by atoms with Crippen molar-refractivity contribution in [2.75, 3.05) is 17.3 Å². The monoisotopic (exact) mass is 305 g/mol. The van der Waals surface area contributed by atoms with E-state index in [0.29, 0.717) is 12.5 Å². The van der Waals surface area contributed by atoms with Crippen molar-refractivity contribution >= 4 is 11.8 Å². The molecule has 0 unspecified atom stereocenters. The van der Waals surface area contributed by atoms with Gasteiger partial charge in [-0.1, -0.05) is 36.4 Å². The summed E-state index contributed by atoms with van der Waals surface area (Å²) in [5.41, 5.74) is 2.20. The summed E-state index contributed by atoms with van der Waals surface area (Å²) < 4.78 is 0. The molecule has 0 atom stereocenters. The van der Waals surface area contributed by atoms with Gasteiger partial charge in [-0.3, -0.25) is 4.98 Å². The third-order valence-corrected chi connectivity index (χ3v) is 3.42. The number of nitrogens with one attached hydrogen (secondary N) is 1. The van der Waals surface area contributed by atoms with Crippen LogP contribution in [0.25, 0.3) is 0 Å². The molecule has 1 N–H and O–H groups in total. The minimum Gasteiger partial charge on any atom is -0.364 e. The van der Waals surface area contributed by atoms with E-state index < -0.39 is 0 Å². The maximum Gasteiger partial charge on any atom is 0.227 e. The smallest absolute Gasteiger partial charge is 0.227 e. The normalized spacial score (nSPS) is 10.3. The molecule has 3 rings (SSSR count). The van der Waals surface area contributed by atoms with Crippen LogP contribution in [-0.4, -0.2) is 22.0 Å². The van der Waals surface area contributed by atoms with Gasteiger partial charge in [0.2, 0.25) is 5.95 Å². The number of benzene rings is 1. The van der Waals surface area contributed by atoms with E-state index in [2.05, 4.69) is 32.4 Å². The van der Waals surface area contributed by atoms with Gasteiger partial charge in [0.1, 0.15) is 5.82 Å². The lowest BCUT2D eigenvalue weighted by Crippen LogP contribution is -2.19. The second-order valence-corrected chi connectivity index (χ2v) is 5.26. The number of nitrogens with zero attached hydrogens (tertiary/aromatic N) is 4. The lowest BCUT2D eigenvalue weighted by Gasteiger charge is -2.17. The molecular weight excluding hydrogens is 286 g/mol. The summed E-state index contributed by atoms with van der Waals surface area (Å²) in [6, 6.07) is 18.0. The first kappa shape index (κ1) is 15.0. The molecular formula is C18H19N5. The first-order chi connectivity index (χ1) is 11.3. The summed E-state index contributed by atoms with van der Waals surface area (Å²) in [5, 5.41) is 3.28. The van der Waals surface area contributed by atoms with Gasteiger partial charge in [-0.05, 0) is 23.8 Å². The van der Waals surface area contributed by atoms with Crippen molar-refractivity contribution in [1.29, 1.82) is 0 Å². The summed E-state index contributed by atoms with van der Waals surface area (Å²) in [5.74, 6) is 1.49. The van der Waals surface area contributed by atoms with Gasteiger partial charge in [0.05, 0.1) is 12.2 Å². The molecule has 5 nitrogen and oxygen atoms in total. The highest BCUT2D eigenvalue weighted by molar-refractivity contribution is 5.41. The summed E-state index contributed by atoms with van der Waals surface area (Å²) in [6.07, 6.45) is 3.56. The predicted molar refractivity (Wildman–Crippen MR) is 92.1 cm³/mol. The summed E-state index contributed by atoms with van der Waals surface area (Å²) >= 11 is 0. The molecule has 5 heteroatoms. The SMILES string of the molecule is CN(Cc1ccccc1)c1nccc(NCc2ccccn2)n1. The largest absolute Gasteiger partial charge is 0.364 e. The van der Waals surface area contributed by atoms with E-state index >= 15 is 0 Å². The van der Waals surface area contributed by atoms with Gasteiger partial charge in [0.25, 0.3) is 0 Å². The number of rotatable bonds is 6. The van der Waals surface area contributed by atoms with Crippen LogP contribution >= 0.6 is 0 Å². The van der Waals surface area contributed by atoms with Gasteiger partial charge < -0.3 is 10.2 Å². The first-order valence-corrected chi connectivity index (χ1v) is 7.53. The Labute approximate surface area is 136 Å². The van der Waals surface area contributed by atoms with Gasteiger partial charge in [-0.15, -0.1) is 0 Å². The molecule has 0 radical (unpaired) electrons. The number of hydrogen-bond donors (Lipinski definition) is 1. The molecule has 2 heterocycles. The Morgan fingerprint density at radius 1 is 0.913 bits per heavy atom. The molecule has 0 aliphatic rings. The van der Waals surface area contributed by atoms with Crippen molar-refractivity contribution in [3.05, 3.63) is 78.2 Å². The Kier molecular flexibility index (Phi) is 4.79. The molecule has 1 aromatic carbocycles. The Morgan fingerprint density at radius 3 is 2.52 bits per heavy atom. The zero-order valence-electron chi connectivity index (χ0n) is 13.1. The first-order valence-electron chi connectivity index (χ1n) is 7.53. The molecule has 116 valence electrons. The van der Waals surface area contributed by atoms with Crippen molar-refractivity contribution in [3.8, 4) is 0 Å². The van der Waals surface area contributed by atoms with Crippen LogP contribution in [0.4, 0.5) is 11.8 Å². The minimum atomic E-state index is 0.639. The van der Waals surface area contributed by atoms with E-state index in [-0.39, 0.29) is 0 Å². The molecule has 0 amide bonds. The number of hydrogen-bond acceptors (Lipinski definition) is 5. The fraction of sp³-hybridized carbons (Fsp3) is 0.167. The van der Waals surface area contributed by atoms with Crippen LogP contribution in [-0.2, 0) is 13.1 Å². The molecule has 0 spiro atoms. The molecule has 0 saturated heterocycles. The molecule has 0 fully saturated rings. The number of anilines is 2. The van der Waals surface area contributed by atoms with Gasteiger partial charge >= 0.3 is 0 Å². The molecule has 0 bridgehead atoms. The van der Waals surface area contributed by atoms with Crippen molar-refractivity contribution in [2.45, 2.75) is 13.1 Å². The fourth-order valence-corrected chi connectivity index (χ4v) is 2.24. The quantitative estimate of drug-likeness (QED) is 0.758. The Hall–Kier alpha value is -2.95. The second-order valence-electron chi connectivity index (χ2n) is 5.26. The number of aromatic nitrogens is 3. The average Bonchev–Trinajstić information content (AvgIpc) is 2.62. The maximum absolute atomic E-state index is 4.56. The van der Waals surface area contributed by atoms with Crippen molar-refractivity contribution in [2.24, 2.45) is 0 Å². The van der Waals surface area contributed by atoms with Crippen LogP contribution in [0.2, 0.25) is 0 Å². The standard InChI is InChI=1S/C18H19N5/c1-23(14-15-7-3-2-4-8-15)18-20-12-10-17(22-18)21-13-16-9-5-6-11-19-16/h2-12H,13-14H2,1H3,(H,20,21,22). The predicted octanol–water partition coefficient (Wildman–Crippen LogP) is 3.12. The topological polar surface area (TPSA) is 53.9 Å². The van der Waals surface area contributed by atoms with E-state index in [0.717, 1.165) is 18.1 Å². The van der Waals surface area contributed by atoms with E-state index in [4.69, 9.17) is 0 Å². The van der Waals surface area contributed by atoms with Crippen LogP contribution in [0.3, 0.4) is 0 Å². The van der Waals surface area contributed by atoms with Crippen molar-refractivity contribution in [1.82, 2.24) is 15.0 Å². The molecule has 23 heavy (non-hydrogen) atoms. The third-order valence-electron chi connectivity index (χ3n) is 3.42. The Bertz CT molecular complexity index is 731. The average molecular weight is 305 g/mol. The highest BCUT2D eigenvalue weighted by Gasteiger charge is 2.06. The highest BCUT2D eigenvalue weighted by atomic mass is 15.2. The second kappa shape index (κ2) is 7.35. The van der Waals surface area contributed by atoms with Crippen LogP contribution in [0, 0.1) is 0 Å². The van der Waals surface area contributed by atoms with E-state index in [9.17, 15) is 0 Å². The number of pyridine rings is 1. The highest BCUT2D eigenvalue weighted by Crippen LogP contribution is 2.13. The van der Waals surface area contributed by atoms with Gasteiger partial charge in [0, 0.05) is 26.0 Å². The van der Waals surface area contributed by atoms with Crippen LogP contribution < -0.4 is 10.2 Å². The summed E-state index contributed by atoms with van der Waals surface area (Å²) in [6.45, 7) is 1.41. The minimum absolute atomic E-state index is 0.639.